The first-order valence-electron chi connectivity index (χ1n) is 10.1. The molecule has 0 fully saturated rings. The van der Waals surface area contributed by atoms with Crippen molar-refractivity contribution in [3.8, 4) is 11.5 Å². The number of rotatable bonds is 4. The number of aromatic hydroxyl groups is 2. The molecular formula is C24H24N2O4S. The number of carbonyl (C=O) groups excluding carboxylic acids is 2. The molecule has 0 bridgehead atoms. The van der Waals surface area contributed by atoms with Crippen molar-refractivity contribution in [3.05, 3.63) is 75.5 Å². The van der Waals surface area contributed by atoms with Crippen molar-refractivity contribution >= 4 is 28.8 Å². The van der Waals surface area contributed by atoms with E-state index in [-0.39, 0.29) is 34.9 Å². The zero-order valence-electron chi connectivity index (χ0n) is 17.4. The monoisotopic (exact) mass is 436 g/mol. The van der Waals surface area contributed by atoms with E-state index in [2.05, 4.69) is 0 Å². The number of benzene rings is 2. The summed E-state index contributed by atoms with van der Waals surface area (Å²) in [5.74, 6) is -0.758. The summed E-state index contributed by atoms with van der Waals surface area (Å²) in [4.78, 5) is 30.6. The Morgan fingerprint density at radius 3 is 2.68 bits per heavy atom. The van der Waals surface area contributed by atoms with Gasteiger partial charge in [-0.15, -0.1) is 11.3 Å². The molecule has 0 saturated carbocycles. The molecule has 2 aromatic carbocycles. The smallest absolute Gasteiger partial charge is 0.262 e. The highest BCUT2D eigenvalue weighted by atomic mass is 32.1. The van der Waals surface area contributed by atoms with E-state index < -0.39 is 0 Å². The Hall–Kier alpha value is -3.32. The molecule has 160 valence electrons. The second-order valence-electron chi connectivity index (χ2n) is 7.85. The Morgan fingerprint density at radius 2 is 1.97 bits per heavy atom. The van der Waals surface area contributed by atoms with E-state index in [1.54, 1.807) is 34.3 Å². The summed E-state index contributed by atoms with van der Waals surface area (Å²) in [6.45, 7) is 2.52. The third-order valence-corrected chi connectivity index (χ3v) is 6.47. The molecule has 0 aliphatic carbocycles. The molecule has 1 atom stereocenters. The van der Waals surface area contributed by atoms with Crippen molar-refractivity contribution in [2.45, 2.75) is 32.4 Å². The minimum atomic E-state index is -0.333. The first-order valence-corrected chi connectivity index (χ1v) is 11.0. The standard InChI is InChI=1S/C24H24N2O4S/c1-15-5-6-16-12-17(23(29)25(2)14-19-4-3-11-31-19)7-10-21(16)26(15)24(30)20-9-8-18(27)13-22(20)28/h3-4,7-13,15,27-28H,5-6,14H2,1-2H3/t15-/m0/s1. The number of hydrogen-bond donors (Lipinski definition) is 2. The molecule has 1 aliphatic heterocycles. The van der Waals surface area contributed by atoms with Gasteiger partial charge < -0.3 is 20.0 Å². The van der Waals surface area contributed by atoms with Crippen LogP contribution in [0.3, 0.4) is 0 Å². The third kappa shape index (κ3) is 4.14. The highest BCUT2D eigenvalue weighted by Gasteiger charge is 2.31. The van der Waals surface area contributed by atoms with Crippen LogP contribution in [0.15, 0.2) is 53.9 Å². The summed E-state index contributed by atoms with van der Waals surface area (Å²) in [5, 5.41) is 21.7. The molecule has 1 aromatic heterocycles. The quantitative estimate of drug-likeness (QED) is 0.635. The molecule has 0 radical (unpaired) electrons. The zero-order chi connectivity index (χ0) is 22.1. The number of phenols is 2. The molecule has 1 aliphatic rings. The molecule has 0 saturated heterocycles. The number of phenolic OH excluding ortho intramolecular Hbond substituents is 2. The lowest BCUT2D eigenvalue weighted by Crippen LogP contribution is -2.42. The van der Waals surface area contributed by atoms with Crippen molar-refractivity contribution in [1.82, 2.24) is 4.90 Å². The second-order valence-corrected chi connectivity index (χ2v) is 8.88. The summed E-state index contributed by atoms with van der Waals surface area (Å²) in [7, 11) is 1.78. The molecule has 2 amide bonds. The number of carbonyl (C=O) groups is 2. The molecule has 0 spiro atoms. The van der Waals surface area contributed by atoms with Crippen LogP contribution in [0.2, 0.25) is 0 Å². The Balaban J connectivity index is 1.61. The average molecular weight is 437 g/mol. The Kier molecular flexibility index (Phi) is 5.69. The van der Waals surface area contributed by atoms with Gasteiger partial charge in [0.05, 0.1) is 12.1 Å². The molecule has 0 unspecified atom stereocenters. The number of hydrogen-bond acceptors (Lipinski definition) is 5. The van der Waals surface area contributed by atoms with E-state index in [0.29, 0.717) is 12.1 Å². The first kappa shape index (κ1) is 20.9. The minimum absolute atomic E-state index is 0.0590. The third-order valence-electron chi connectivity index (χ3n) is 5.61. The van der Waals surface area contributed by atoms with Crippen molar-refractivity contribution in [1.29, 1.82) is 0 Å². The van der Waals surface area contributed by atoms with Crippen LogP contribution in [-0.2, 0) is 13.0 Å². The van der Waals surface area contributed by atoms with Gasteiger partial charge in [0, 0.05) is 35.3 Å². The predicted molar refractivity (Wildman–Crippen MR) is 121 cm³/mol. The molecular weight excluding hydrogens is 412 g/mol. The highest BCUT2D eigenvalue weighted by molar-refractivity contribution is 7.09. The Labute approximate surface area is 185 Å². The summed E-state index contributed by atoms with van der Waals surface area (Å²) in [6, 6.07) is 13.3. The normalized spacial score (nSPS) is 15.4. The number of amides is 2. The van der Waals surface area contributed by atoms with Crippen LogP contribution in [0, 0.1) is 0 Å². The Morgan fingerprint density at radius 1 is 1.16 bits per heavy atom. The van der Waals surface area contributed by atoms with Gasteiger partial charge in [-0.1, -0.05) is 6.07 Å². The number of thiophene rings is 1. The maximum Gasteiger partial charge on any atom is 0.262 e. The fourth-order valence-corrected chi connectivity index (χ4v) is 4.71. The highest BCUT2D eigenvalue weighted by Crippen LogP contribution is 2.35. The predicted octanol–water partition coefficient (Wildman–Crippen LogP) is 4.41. The van der Waals surface area contributed by atoms with Gasteiger partial charge in [0.25, 0.3) is 11.8 Å². The summed E-state index contributed by atoms with van der Waals surface area (Å²) in [5.41, 5.74) is 2.40. The van der Waals surface area contributed by atoms with Crippen molar-refractivity contribution < 1.29 is 19.8 Å². The van der Waals surface area contributed by atoms with Gasteiger partial charge in [0.2, 0.25) is 0 Å². The fourth-order valence-electron chi connectivity index (χ4n) is 3.95. The van der Waals surface area contributed by atoms with E-state index in [0.717, 1.165) is 35.0 Å². The van der Waals surface area contributed by atoms with Gasteiger partial charge in [-0.3, -0.25) is 9.59 Å². The zero-order valence-corrected chi connectivity index (χ0v) is 18.2. The number of nitrogens with zero attached hydrogens (tertiary/aromatic N) is 2. The van der Waals surface area contributed by atoms with E-state index in [9.17, 15) is 19.8 Å². The van der Waals surface area contributed by atoms with E-state index >= 15 is 0 Å². The van der Waals surface area contributed by atoms with E-state index in [1.807, 2.05) is 36.6 Å². The topological polar surface area (TPSA) is 81.1 Å². The van der Waals surface area contributed by atoms with Crippen LogP contribution in [0.25, 0.3) is 0 Å². The Bertz CT molecular complexity index is 1130. The summed E-state index contributed by atoms with van der Waals surface area (Å²) >= 11 is 1.62. The number of fused-ring (bicyclic) bond motifs is 1. The first-order chi connectivity index (χ1) is 14.8. The van der Waals surface area contributed by atoms with Crippen LogP contribution in [0.5, 0.6) is 11.5 Å². The van der Waals surface area contributed by atoms with Gasteiger partial charge >= 0.3 is 0 Å². The molecule has 31 heavy (non-hydrogen) atoms. The molecule has 4 rings (SSSR count). The van der Waals surface area contributed by atoms with Gasteiger partial charge in [0.1, 0.15) is 11.5 Å². The largest absolute Gasteiger partial charge is 0.508 e. The van der Waals surface area contributed by atoms with Crippen LogP contribution in [0.1, 0.15) is 44.5 Å². The average Bonchev–Trinajstić information content (AvgIpc) is 3.25. The van der Waals surface area contributed by atoms with Crippen LogP contribution >= 0.6 is 11.3 Å². The van der Waals surface area contributed by atoms with Gasteiger partial charge in [-0.25, -0.2) is 0 Å². The van der Waals surface area contributed by atoms with Crippen LogP contribution in [0.4, 0.5) is 5.69 Å². The number of anilines is 1. The van der Waals surface area contributed by atoms with Gasteiger partial charge in [-0.2, -0.15) is 0 Å². The van der Waals surface area contributed by atoms with Gasteiger partial charge in [0.15, 0.2) is 0 Å². The van der Waals surface area contributed by atoms with Crippen LogP contribution < -0.4 is 4.90 Å². The van der Waals surface area contributed by atoms with E-state index in [1.165, 1.54) is 12.1 Å². The van der Waals surface area contributed by atoms with Crippen molar-refractivity contribution in [2.24, 2.45) is 0 Å². The summed E-state index contributed by atoms with van der Waals surface area (Å²) in [6.07, 6.45) is 1.51. The van der Waals surface area contributed by atoms with Crippen molar-refractivity contribution in [3.63, 3.8) is 0 Å². The second kappa shape index (κ2) is 8.43. The lowest BCUT2D eigenvalue weighted by Gasteiger charge is -2.35. The SMILES string of the molecule is C[C@H]1CCc2cc(C(=O)N(C)Cc3cccs3)ccc2N1C(=O)c1ccc(O)cc1O. The fraction of sp³-hybridized carbons (Fsp3) is 0.250. The maximum atomic E-state index is 13.2. The number of aryl methyl sites for hydroxylation is 1. The molecule has 6 nitrogen and oxygen atoms in total. The lowest BCUT2D eigenvalue weighted by atomic mass is 9.93. The van der Waals surface area contributed by atoms with Crippen LogP contribution in [-0.4, -0.2) is 40.0 Å². The molecule has 2 N–H and O–H groups in total. The maximum absolute atomic E-state index is 13.2. The minimum Gasteiger partial charge on any atom is -0.508 e. The molecule has 3 aromatic rings. The molecule has 2 heterocycles. The van der Waals surface area contributed by atoms with E-state index in [4.69, 9.17) is 0 Å². The molecule has 7 heteroatoms. The summed E-state index contributed by atoms with van der Waals surface area (Å²) < 4.78 is 0. The van der Waals surface area contributed by atoms with Gasteiger partial charge in [-0.05, 0) is 67.1 Å². The van der Waals surface area contributed by atoms with Crippen molar-refractivity contribution in [2.75, 3.05) is 11.9 Å². The lowest BCUT2D eigenvalue weighted by molar-refractivity contribution is 0.0786.